The van der Waals surface area contributed by atoms with Gasteiger partial charge in [-0.1, -0.05) is 0 Å². The number of nitrogens with zero attached hydrogens (tertiary/aromatic N) is 5. The van der Waals surface area contributed by atoms with Gasteiger partial charge in [0, 0.05) is 56.7 Å². The third-order valence-corrected chi connectivity index (χ3v) is 4.62. The molecule has 1 aliphatic rings. The van der Waals surface area contributed by atoms with Crippen LogP contribution in [0.4, 0.5) is 10.7 Å². The molecule has 0 spiro atoms. The summed E-state index contributed by atoms with van der Waals surface area (Å²) in [6, 6.07) is 5.18. The van der Waals surface area contributed by atoms with Crippen LogP contribution in [0.3, 0.4) is 0 Å². The minimum absolute atomic E-state index is 0.00735. The molecule has 0 aromatic carbocycles. The molecule has 0 saturated carbocycles. The topological polar surface area (TPSA) is 80.6 Å². The Morgan fingerprint density at radius 3 is 2.50 bits per heavy atom. The van der Waals surface area contributed by atoms with Crippen LogP contribution < -0.4 is 10.5 Å². The molecule has 3 rings (SSSR count). The van der Waals surface area contributed by atoms with E-state index in [1.165, 1.54) is 6.07 Å². The van der Waals surface area contributed by atoms with Crippen molar-refractivity contribution in [2.75, 3.05) is 24.5 Å². The number of rotatable bonds is 2. The first-order valence-electron chi connectivity index (χ1n) is 9.39. The van der Waals surface area contributed by atoms with E-state index in [0.29, 0.717) is 31.3 Å². The van der Waals surface area contributed by atoms with Crippen molar-refractivity contribution in [1.29, 1.82) is 0 Å². The van der Waals surface area contributed by atoms with Gasteiger partial charge in [0.05, 0.1) is 5.69 Å². The van der Waals surface area contributed by atoms with Crippen molar-refractivity contribution >= 4 is 12.0 Å². The predicted molar refractivity (Wildman–Crippen MR) is 107 cm³/mol. The zero-order chi connectivity index (χ0) is 20.5. The number of hydrogen-bond donors (Lipinski definition) is 0. The summed E-state index contributed by atoms with van der Waals surface area (Å²) in [5.74, 6) is 0.593. The summed E-state index contributed by atoms with van der Waals surface area (Å²) < 4.78 is 7.02. The summed E-state index contributed by atoms with van der Waals surface area (Å²) in [6.45, 7) is 9.17. The van der Waals surface area contributed by atoms with E-state index >= 15 is 0 Å². The van der Waals surface area contributed by atoms with E-state index in [9.17, 15) is 9.59 Å². The second kappa shape index (κ2) is 7.61. The lowest BCUT2D eigenvalue weighted by atomic mass is 10.2. The summed E-state index contributed by atoms with van der Waals surface area (Å²) in [5.41, 5.74) is 0.803. The zero-order valence-corrected chi connectivity index (χ0v) is 17.0. The Morgan fingerprint density at radius 1 is 1.21 bits per heavy atom. The van der Waals surface area contributed by atoms with E-state index in [1.807, 2.05) is 39.8 Å². The molecule has 2 aromatic heterocycles. The molecule has 1 saturated heterocycles. The van der Waals surface area contributed by atoms with E-state index in [4.69, 9.17) is 9.72 Å². The Balaban J connectivity index is 1.84. The Kier molecular flexibility index (Phi) is 5.40. The van der Waals surface area contributed by atoms with Gasteiger partial charge >= 0.3 is 6.09 Å². The van der Waals surface area contributed by atoms with Crippen LogP contribution in [0.2, 0.25) is 0 Å². The van der Waals surface area contributed by atoms with E-state index in [1.54, 1.807) is 28.9 Å². The lowest BCUT2D eigenvalue weighted by Gasteiger charge is -2.41. The highest BCUT2D eigenvalue weighted by molar-refractivity contribution is 5.68. The fraction of sp³-hybridized carbons (Fsp3) is 0.500. The summed E-state index contributed by atoms with van der Waals surface area (Å²) in [7, 11) is 1.72. The van der Waals surface area contributed by atoms with Crippen LogP contribution in [0.15, 0.2) is 35.4 Å². The zero-order valence-electron chi connectivity index (χ0n) is 17.0. The van der Waals surface area contributed by atoms with Crippen LogP contribution in [0.1, 0.15) is 27.7 Å². The highest BCUT2D eigenvalue weighted by atomic mass is 16.6. The average molecular weight is 385 g/mol. The maximum Gasteiger partial charge on any atom is 0.410 e. The van der Waals surface area contributed by atoms with Crippen molar-refractivity contribution in [2.45, 2.75) is 39.3 Å². The summed E-state index contributed by atoms with van der Waals surface area (Å²) in [6.07, 6.45) is 3.04. The number of aromatic nitrogens is 3. The van der Waals surface area contributed by atoms with Crippen molar-refractivity contribution in [3.05, 3.63) is 40.9 Å². The number of anilines is 1. The smallest absolute Gasteiger partial charge is 0.410 e. The minimum atomic E-state index is -0.526. The quantitative estimate of drug-likeness (QED) is 0.789. The Bertz CT molecular complexity index is 904. The van der Waals surface area contributed by atoms with Crippen molar-refractivity contribution in [3.8, 4) is 11.3 Å². The van der Waals surface area contributed by atoms with Gasteiger partial charge in [-0.15, -0.1) is 0 Å². The van der Waals surface area contributed by atoms with Crippen LogP contribution in [0, 0.1) is 0 Å². The van der Waals surface area contributed by atoms with E-state index in [-0.39, 0.29) is 17.7 Å². The molecular formula is C20H27N5O3. The fourth-order valence-corrected chi connectivity index (χ4v) is 3.20. The molecule has 2 aromatic rings. The molecule has 8 heteroatoms. The SMILES string of the molecule is C[C@H]1CN(C(=O)OC(C)(C)C)CCN1c1nc(-c2ccncc2)cc(=O)n1C. The molecule has 1 amide bonds. The van der Waals surface area contributed by atoms with Crippen molar-refractivity contribution in [2.24, 2.45) is 7.05 Å². The van der Waals surface area contributed by atoms with E-state index in [0.717, 1.165) is 5.56 Å². The molecule has 0 aliphatic carbocycles. The molecule has 0 unspecified atom stereocenters. The monoisotopic (exact) mass is 385 g/mol. The average Bonchev–Trinajstić information content (AvgIpc) is 2.63. The number of piperazine rings is 1. The first-order chi connectivity index (χ1) is 13.2. The largest absolute Gasteiger partial charge is 0.444 e. The fourth-order valence-electron chi connectivity index (χ4n) is 3.20. The summed E-state index contributed by atoms with van der Waals surface area (Å²) in [4.78, 5) is 37.4. The lowest BCUT2D eigenvalue weighted by molar-refractivity contribution is 0.0217. The van der Waals surface area contributed by atoms with Crippen molar-refractivity contribution in [1.82, 2.24) is 19.4 Å². The van der Waals surface area contributed by atoms with Crippen LogP contribution in [0.25, 0.3) is 11.3 Å². The number of carbonyl (C=O) groups excluding carboxylic acids is 1. The predicted octanol–water partition coefficient (Wildman–Crippen LogP) is 2.29. The Labute approximate surface area is 164 Å². The van der Waals surface area contributed by atoms with Gasteiger partial charge in [0.2, 0.25) is 5.95 Å². The number of hydrogen-bond acceptors (Lipinski definition) is 6. The lowest BCUT2D eigenvalue weighted by Crippen LogP contribution is -2.55. The van der Waals surface area contributed by atoms with Gasteiger partial charge in [-0.3, -0.25) is 14.3 Å². The van der Waals surface area contributed by atoms with E-state index in [2.05, 4.69) is 9.88 Å². The Morgan fingerprint density at radius 2 is 1.89 bits per heavy atom. The molecule has 28 heavy (non-hydrogen) atoms. The van der Waals surface area contributed by atoms with Crippen LogP contribution in [0.5, 0.6) is 0 Å². The maximum atomic E-state index is 12.5. The normalized spacial score (nSPS) is 17.5. The number of pyridine rings is 1. The number of carbonyl (C=O) groups is 1. The Hall–Kier alpha value is -2.90. The molecule has 0 bridgehead atoms. The molecule has 150 valence electrons. The summed E-state index contributed by atoms with van der Waals surface area (Å²) in [5, 5.41) is 0. The van der Waals surface area contributed by atoms with Crippen molar-refractivity contribution in [3.63, 3.8) is 0 Å². The van der Waals surface area contributed by atoms with Gasteiger partial charge in [0.1, 0.15) is 5.60 Å². The molecule has 0 N–H and O–H groups in total. The van der Waals surface area contributed by atoms with Gasteiger partial charge in [-0.2, -0.15) is 0 Å². The minimum Gasteiger partial charge on any atom is -0.444 e. The second-order valence-corrected chi connectivity index (χ2v) is 8.04. The third kappa shape index (κ3) is 4.32. The number of amides is 1. The molecule has 0 radical (unpaired) electrons. The van der Waals surface area contributed by atoms with Crippen LogP contribution >= 0.6 is 0 Å². The third-order valence-electron chi connectivity index (χ3n) is 4.62. The number of ether oxygens (including phenoxy) is 1. The van der Waals surface area contributed by atoms with Gasteiger partial charge in [-0.25, -0.2) is 9.78 Å². The highest BCUT2D eigenvalue weighted by Gasteiger charge is 2.31. The van der Waals surface area contributed by atoms with Gasteiger partial charge < -0.3 is 14.5 Å². The first-order valence-corrected chi connectivity index (χ1v) is 9.39. The maximum absolute atomic E-state index is 12.5. The molecule has 8 nitrogen and oxygen atoms in total. The second-order valence-electron chi connectivity index (χ2n) is 8.04. The van der Waals surface area contributed by atoms with Gasteiger partial charge in [0.25, 0.3) is 5.56 Å². The first kappa shape index (κ1) is 19.9. The molecule has 1 aliphatic heterocycles. The van der Waals surface area contributed by atoms with Gasteiger partial charge in [-0.05, 0) is 39.8 Å². The van der Waals surface area contributed by atoms with Crippen LogP contribution in [-0.2, 0) is 11.8 Å². The van der Waals surface area contributed by atoms with E-state index < -0.39 is 5.60 Å². The highest BCUT2D eigenvalue weighted by Crippen LogP contribution is 2.22. The summed E-state index contributed by atoms with van der Waals surface area (Å²) >= 11 is 0. The standard InChI is InChI=1S/C20H27N5O3/c1-14-13-24(19(27)28-20(2,3)4)10-11-25(14)18-22-16(12-17(26)23(18)5)15-6-8-21-9-7-15/h6-9,12,14H,10-11,13H2,1-5H3/t14-/m0/s1. The molecular weight excluding hydrogens is 358 g/mol. The molecule has 1 atom stereocenters. The molecule has 3 heterocycles. The van der Waals surface area contributed by atoms with Gasteiger partial charge in [0.15, 0.2) is 0 Å². The van der Waals surface area contributed by atoms with Crippen LogP contribution in [-0.4, -0.2) is 56.8 Å². The van der Waals surface area contributed by atoms with Crippen molar-refractivity contribution < 1.29 is 9.53 Å². The molecule has 1 fully saturated rings.